The number of carbonyl (C=O) groups excluding carboxylic acids is 1. The first kappa shape index (κ1) is 21.8. The Hall–Kier alpha value is -3.49. The van der Waals surface area contributed by atoms with Crippen molar-refractivity contribution in [2.75, 3.05) is 13.7 Å². The zero-order chi connectivity index (χ0) is 21.4. The molecule has 2 aromatic carbocycles. The zero-order valence-electron chi connectivity index (χ0n) is 15.9. The fourth-order valence-electron chi connectivity index (χ4n) is 2.62. The maximum atomic E-state index is 12.5. The fraction of sp³-hybridized carbons (Fsp3) is 0.250. The second-order valence-electron chi connectivity index (χ2n) is 5.87. The lowest BCUT2D eigenvalue weighted by atomic mass is 10.1. The van der Waals surface area contributed by atoms with Crippen LogP contribution in [-0.4, -0.2) is 36.0 Å². The highest BCUT2D eigenvalue weighted by Gasteiger charge is 2.21. The van der Waals surface area contributed by atoms with Crippen molar-refractivity contribution < 1.29 is 28.0 Å². The summed E-state index contributed by atoms with van der Waals surface area (Å²) in [7, 11) is 1.22. The normalized spacial score (nSPS) is 10.9. The van der Waals surface area contributed by atoms with Gasteiger partial charge in [-0.1, -0.05) is 30.3 Å². The number of amides is 1. The summed E-state index contributed by atoms with van der Waals surface area (Å²) >= 11 is 0. The molecule has 0 N–H and O–H groups in total. The fourth-order valence-corrected chi connectivity index (χ4v) is 2.62. The average molecular weight is 406 g/mol. The molecule has 9 heteroatoms. The minimum Gasteiger partial charge on any atom is -0.493 e. The maximum Gasteiger partial charge on any atom is 0.387 e. The van der Waals surface area contributed by atoms with Gasteiger partial charge in [-0.3, -0.25) is 14.9 Å². The van der Waals surface area contributed by atoms with E-state index in [0.717, 1.165) is 11.6 Å². The summed E-state index contributed by atoms with van der Waals surface area (Å²) in [6.07, 6.45) is 2.45. The van der Waals surface area contributed by atoms with Crippen molar-refractivity contribution in [1.82, 2.24) is 4.90 Å². The molecule has 0 bridgehead atoms. The van der Waals surface area contributed by atoms with Gasteiger partial charge in [-0.05, 0) is 24.6 Å². The summed E-state index contributed by atoms with van der Waals surface area (Å²) in [6, 6.07) is 11.4. The van der Waals surface area contributed by atoms with Crippen LogP contribution in [0.5, 0.6) is 11.5 Å². The molecule has 0 unspecified atom stereocenters. The number of methoxy groups -OCH3 is 1. The molecule has 0 aromatic heterocycles. The van der Waals surface area contributed by atoms with Crippen molar-refractivity contribution in [3.8, 4) is 11.5 Å². The van der Waals surface area contributed by atoms with E-state index in [2.05, 4.69) is 4.74 Å². The molecule has 0 aliphatic rings. The number of halogens is 2. The van der Waals surface area contributed by atoms with E-state index in [1.807, 2.05) is 37.3 Å². The molecule has 154 valence electrons. The summed E-state index contributed by atoms with van der Waals surface area (Å²) in [5, 5.41) is 11.3. The number of nitro groups is 1. The maximum absolute atomic E-state index is 12.5. The van der Waals surface area contributed by atoms with Crippen LogP contribution in [0.1, 0.15) is 18.1 Å². The van der Waals surface area contributed by atoms with Gasteiger partial charge in [0.15, 0.2) is 11.5 Å². The highest BCUT2D eigenvalue weighted by Crippen LogP contribution is 2.36. The van der Waals surface area contributed by atoms with Crippen LogP contribution in [0.2, 0.25) is 0 Å². The van der Waals surface area contributed by atoms with Crippen molar-refractivity contribution in [3.05, 3.63) is 69.8 Å². The van der Waals surface area contributed by atoms with E-state index in [9.17, 15) is 23.7 Å². The number of likely N-dealkylation sites (N-methyl/N-ethyl adjacent to an activating group) is 1. The highest BCUT2D eigenvalue weighted by atomic mass is 19.3. The van der Waals surface area contributed by atoms with Gasteiger partial charge >= 0.3 is 6.61 Å². The van der Waals surface area contributed by atoms with Crippen LogP contribution >= 0.6 is 0 Å². The zero-order valence-corrected chi connectivity index (χ0v) is 15.9. The first-order valence-corrected chi connectivity index (χ1v) is 8.67. The van der Waals surface area contributed by atoms with Gasteiger partial charge in [-0.15, -0.1) is 0 Å². The van der Waals surface area contributed by atoms with E-state index >= 15 is 0 Å². The Kier molecular flexibility index (Phi) is 7.64. The molecule has 29 heavy (non-hydrogen) atoms. The second-order valence-corrected chi connectivity index (χ2v) is 5.87. The van der Waals surface area contributed by atoms with Gasteiger partial charge < -0.3 is 14.4 Å². The van der Waals surface area contributed by atoms with Crippen molar-refractivity contribution >= 4 is 17.7 Å². The number of alkyl halides is 2. The Morgan fingerprint density at radius 2 is 1.93 bits per heavy atom. The van der Waals surface area contributed by atoms with Gasteiger partial charge in [-0.2, -0.15) is 8.78 Å². The van der Waals surface area contributed by atoms with Crippen molar-refractivity contribution in [3.63, 3.8) is 0 Å². The van der Waals surface area contributed by atoms with E-state index in [-0.39, 0.29) is 17.2 Å². The van der Waals surface area contributed by atoms with E-state index in [4.69, 9.17) is 4.74 Å². The lowest BCUT2D eigenvalue weighted by molar-refractivity contribution is -0.385. The Morgan fingerprint density at radius 3 is 2.48 bits per heavy atom. The molecule has 0 radical (unpaired) electrons. The van der Waals surface area contributed by atoms with Crippen LogP contribution in [0, 0.1) is 10.1 Å². The van der Waals surface area contributed by atoms with E-state index in [1.165, 1.54) is 25.3 Å². The number of hydrogen-bond donors (Lipinski definition) is 0. The molecule has 0 fully saturated rings. The third-order valence-electron chi connectivity index (χ3n) is 4.04. The molecule has 2 aromatic rings. The number of nitro benzene ring substituents is 1. The van der Waals surface area contributed by atoms with E-state index < -0.39 is 23.0 Å². The van der Waals surface area contributed by atoms with Crippen molar-refractivity contribution in [1.29, 1.82) is 0 Å². The van der Waals surface area contributed by atoms with Gasteiger partial charge in [-0.25, -0.2) is 0 Å². The number of rotatable bonds is 9. The third kappa shape index (κ3) is 6.00. The summed E-state index contributed by atoms with van der Waals surface area (Å²) < 4.78 is 34.3. The van der Waals surface area contributed by atoms with Gasteiger partial charge in [0.2, 0.25) is 5.91 Å². The van der Waals surface area contributed by atoms with Crippen LogP contribution in [-0.2, 0) is 11.3 Å². The Morgan fingerprint density at radius 1 is 1.24 bits per heavy atom. The predicted molar refractivity (Wildman–Crippen MR) is 103 cm³/mol. The monoisotopic (exact) mass is 406 g/mol. The molecule has 0 aliphatic carbocycles. The lowest BCUT2D eigenvalue weighted by Gasteiger charge is -2.19. The van der Waals surface area contributed by atoms with Crippen LogP contribution in [0.3, 0.4) is 0 Å². The van der Waals surface area contributed by atoms with Gasteiger partial charge in [0.05, 0.1) is 23.7 Å². The molecule has 0 saturated heterocycles. The Labute approximate surface area is 166 Å². The smallest absolute Gasteiger partial charge is 0.387 e. The van der Waals surface area contributed by atoms with E-state index in [0.29, 0.717) is 13.1 Å². The van der Waals surface area contributed by atoms with E-state index in [1.54, 1.807) is 4.90 Å². The molecule has 7 nitrogen and oxygen atoms in total. The number of nitrogens with zero attached hydrogens (tertiary/aromatic N) is 2. The number of hydrogen-bond acceptors (Lipinski definition) is 5. The van der Waals surface area contributed by atoms with Gasteiger partial charge in [0, 0.05) is 19.2 Å². The van der Waals surface area contributed by atoms with Crippen LogP contribution < -0.4 is 9.47 Å². The lowest BCUT2D eigenvalue weighted by Crippen LogP contribution is -2.28. The third-order valence-corrected chi connectivity index (χ3v) is 4.04. The molecule has 1 amide bonds. The van der Waals surface area contributed by atoms with Crippen LogP contribution in [0.4, 0.5) is 14.5 Å². The van der Waals surface area contributed by atoms with Gasteiger partial charge in [0.1, 0.15) is 0 Å². The highest BCUT2D eigenvalue weighted by molar-refractivity contribution is 5.92. The van der Waals surface area contributed by atoms with Crippen LogP contribution in [0.25, 0.3) is 6.08 Å². The molecule has 2 rings (SSSR count). The molecule has 0 atom stereocenters. The Bertz CT molecular complexity index is 888. The predicted octanol–water partition coefficient (Wildman–Crippen LogP) is 4.27. The first-order chi connectivity index (χ1) is 13.8. The SMILES string of the molecule is CCN(Cc1ccccc1)C(=O)/C=C/c1cc(OC)c(OC(F)F)cc1[N+](=O)[O-]. The molecular formula is C20H20F2N2O5. The van der Waals surface area contributed by atoms with Crippen molar-refractivity contribution in [2.45, 2.75) is 20.1 Å². The standard InChI is InChI=1S/C20H20F2N2O5/c1-3-23(13-14-7-5-4-6-8-14)19(25)10-9-15-11-17(28-2)18(29-20(21)22)12-16(15)24(26)27/h4-12,20H,3,13H2,1-2H3/b10-9+. The second kappa shape index (κ2) is 10.2. The molecule has 0 saturated carbocycles. The topological polar surface area (TPSA) is 81.9 Å². The van der Waals surface area contributed by atoms with Crippen molar-refractivity contribution in [2.24, 2.45) is 0 Å². The summed E-state index contributed by atoms with van der Waals surface area (Å²) in [6.45, 7) is -0.531. The summed E-state index contributed by atoms with van der Waals surface area (Å²) in [5.41, 5.74) is 0.478. The molecule has 0 aliphatic heterocycles. The molecule has 0 heterocycles. The van der Waals surface area contributed by atoms with Crippen LogP contribution in [0.15, 0.2) is 48.5 Å². The average Bonchev–Trinajstić information content (AvgIpc) is 2.70. The summed E-state index contributed by atoms with van der Waals surface area (Å²) in [4.78, 5) is 24.7. The number of ether oxygens (including phenoxy) is 2. The number of carbonyl (C=O) groups is 1. The minimum atomic E-state index is -3.16. The minimum absolute atomic E-state index is 0.0255. The van der Waals surface area contributed by atoms with Gasteiger partial charge in [0.25, 0.3) is 5.69 Å². The molecular weight excluding hydrogens is 386 g/mol. The largest absolute Gasteiger partial charge is 0.493 e. The quantitative estimate of drug-likeness (QED) is 0.353. The number of benzene rings is 2. The molecule has 0 spiro atoms. The first-order valence-electron chi connectivity index (χ1n) is 8.67. The summed E-state index contributed by atoms with van der Waals surface area (Å²) in [5.74, 6) is -0.922. The Balaban J connectivity index is 2.29.